The zero-order chi connectivity index (χ0) is 18.2. The monoisotopic (exact) mass is 358 g/mol. The Morgan fingerprint density at radius 1 is 1.00 bits per heavy atom. The number of hydrogen-bond donors (Lipinski definition) is 0. The first-order valence-corrected chi connectivity index (χ1v) is 9.80. The molecule has 0 radical (unpaired) electrons. The summed E-state index contributed by atoms with van der Waals surface area (Å²) in [5.74, 6) is 0.946. The molecule has 0 unspecified atom stereocenters. The molecule has 0 saturated heterocycles. The Morgan fingerprint density at radius 3 is 2.12 bits per heavy atom. The molecular weight excluding hydrogens is 332 g/mol. The zero-order valence-electron chi connectivity index (χ0n) is 15.4. The van der Waals surface area contributed by atoms with E-state index in [2.05, 4.69) is 20.8 Å². The van der Waals surface area contributed by atoms with Crippen LogP contribution in [-0.4, -0.2) is 11.6 Å². The molecule has 1 fully saturated rings. The minimum atomic E-state index is -0.201. The largest absolute Gasteiger partial charge is 0.289 e. The Labute approximate surface area is 155 Å². The maximum Gasteiger partial charge on any atom is 0.205 e. The first kappa shape index (κ1) is 18.4. The van der Waals surface area contributed by atoms with Crippen molar-refractivity contribution in [3.8, 4) is 0 Å². The van der Waals surface area contributed by atoms with Crippen molar-refractivity contribution in [1.29, 1.82) is 0 Å². The molecule has 0 N–H and O–H groups in total. The van der Waals surface area contributed by atoms with Gasteiger partial charge >= 0.3 is 0 Å². The van der Waals surface area contributed by atoms with E-state index in [1.54, 1.807) is 24.3 Å². The lowest BCUT2D eigenvalue weighted by molar-refractivity contribution is 0.0966. The van der Waals surface area contributed by atoms with Crippen molar-refractivity contribution in [3.05, 3.63) is 46.0 Å². The molecule has 0 heterocycles. The maximum atomic E-state index is 12.8. The number of benzene rings is 1. The van der Waals surface area contributed by atoms with Gasteiger partial charge in [-0.05, 0) is 49.4 Å². The summed E-state index contributed by atoms with van der Waals surface area (Å²) in [6.07, 6.45) is 6.47. The van der Waals surface area contributed by atoms with Crippen molar-refractivity contribution in [1.82, 2.24) is 0 Å². The van der Waals surface area contributed by atoms with Crippen LogP contribution in [0.4, 0.5) is 0 Å². The molecule has 1 aromatic rings. The summed E-state index contributed by atoms with van der Waals surface area (Å²) < 4.78 is 0. The van der Waals surface area contributed by atoms with E-state index in [0.29, 0.717) is 34.5 Å². The van der Waals surface area contributed by atoms with Crippen LogP contribution < -0.4 is 0 Å². The van der Waals surface area contributed by atoms with Crippen molar-refractivity contribution in [2.45, 2.75) is 59.3 Å². The molecule has 134 valence electrons. The normalized spacial score (nSPS) is 24.5. The molecule has 0 amide bonds. The first-order chi connectivity index (χ1) is 11.8. The highest BCUT2D eigenvalue weighted by atomic mass is 35.5. The van der Waals surface area contributed by atoms with Crippen molar-refractivity contribution < 1.29 is 9.59 Å². The van der Waals surface area contributed by atoms with Crippen LogP contribution in [0.5, 0.6) is 0 Å². The van der Waals surface area contributed by atoms with Gasteiger partial charge in [-0.2, -0.15) is 0 Å². The van der Waals surface area contributed by atoms with Crippen LogP contribution in [0.3, 0.4) is 0 Å². The maximum absolute atomic E-state index is 12.8. The second-order valence-electron chi connectivity index (χ2n) is 8.26. The van der Waals surface area contributed by atoms with Crippen molar-refractivity contribution in [3.63, 3.8) is 0 Å². The molecule has 3 rings (SSSR count). The van der Waals surface area contributed by atoms with E-state index < -0.39 is 0 Å². The van der Waals surface area contributed by atoms with E-state index in [0.717, 1.165) is 18.8 Å². The predicted octanol–water partition coefficient (Wildman–Crippen LogP) is 6.19. The number of ketones is 2. The van der Waals surface area contributed by atoms with Gasteiger partial charge in [-0.3, -0.25) is 9.59 Å². The fourth-order valence-corrected chi connectivity index (χ4v) is 4.57. The summed E-state index contributed by atoms with van der Waals surface area (Å²) in [6.45, 7) is 6.98. The second kappa shape index (κ2) is 7.07. The summed E-state index contributed by atoms with van der Waals surface area (Å²) in [7, 11) is 0. The molecule has 1 aromatic carbocycles. The Bertz CT molecular complexity index is 721. The first-order valence-electron chi connectivity index (χ1n) is 9.42. The molecule has 3 heteroatoms. The van der Waals surface area contributed by atoms with E-state index in [1.165, 1.54) is 19.3 Å². The van der Waals surface area contributed by atoms with Gasteiger partial charge in [0.25, 0.3) is 0 Å². The lowest BCUT2D eigenvalue weighted by atomic mass is 9.66. The number of Topliss-reactive ketones (excluding diaryl/α,β-unsaturated/α-hetero) is 2. The third-order valence-electron chi connectivity index (χ3n) is 6.51. The number of fused-ring (bicyclic) bond motifs is 1. The Morgan fingerprint density at radius 2 is 1.56 bits per heavy atom. The fraction of sp³-hybridized carbons (Fsp3) is 0.545. The van der Waals surface area contributed by atoms with Crippen molar-refractivity contribution in [2.24, 2.45) is 17.3 Å². The predicted molar refractivity (Wildman–Crippen MR) is 102 cm³/mol. The molecule has 25 heavy (non-hydrogen) atoms. The highest BCUT2D eigenvalue weighted by molar-refractivity contribution is 6.50. The van der Waals surface area contributed by atoms with Crippen LogP contribution in [0.1, 0.15) is 80.0 Å². The van der Waals surface area contributed by atoms with Crippen LogP contribution in [0.2, 0.25) is 0 Å². The van der Waals surface area contributed by atoms with Crippen LogP contribution >= 0.6 is 11.6 Å². The Balaban J connectivity index is 1.73. The van der Waals surface area contributed by atoms with Gasteiger partial charge in [-0.1, -0.05) is 63.1 Å². The summed E-state index contributed by atoms with van der Waals surface area (Å²) in [5.41, 5.74) is 1.86. The average molecular weight is 359 g/mol. The SMILES string of the molecule is CCC(C)(C)C1CCC(CC2=C(Cl)C(=O)c3ccccc3C2=O)CC1. The van der Waals surface area contributed by atoms with Gasteiger partial charge in [0.15, 0.2) is 5.78 Å². The van der Waals surface area contributed by atoms with Crippen LogP contribution in [0, 0.1) is 17.3 Å². The number of carbonyl (C=O) groups is 2. The average Bonchev–Trinajstić information content (AvgIpc) is 2.64. The minimum Gasteiger partial charge on any atom is -0.289 e. The fourth-order valence-electron chi connectivity index (χ4n) is 4.30. The highest BCUT2D eigenvalue weighted by Gasteiger charge is 2.35. The lowest BCUT2D eigenvalue weighted by Gasteiger charge is -2.39. The standard InChI is InChI=1S/C22H27ClO2/c1-4-22(2,3)15-11-9-14(10-12-15)13-18-19(23)21(25)17-8-6-5-7-16(17)20(18)24/h5-8,14-15H,4,9-13H2,1-3H3. The van der Waals surface area contributed by atoms with E-state index in [1.807, 2.05) is 0 Å². The number of rotatable bonds is 4. The van der Waals surface area contributed by atoms with Gasteiger partial charge < -0.3 is 0 Å². The summed E-state index contributed by atoms with van der Waals surface area (Å²) >= 11 is 6.31. The summed E-state index contributed by atoms with van der Waals surface area (Å²) in [4.78, 5) is 25.3. The third-order valence-corrected chi connectivity index (χ3v) is 6.91. The number of hydrogen-bond acceptors (Lipinski definition) is 2. The molecular formula is C22H27ClO2. The van der Waals surface area contributed by atoms with Gasteiger partial charge in [0, 0.05) is 16.7 Å². The molecule has 2 aliphatic carbocycles. The Hall–Kier alpha value is -1.41. The van der Waals surface area contributed by atoms with Crippen molar-refractivity contribution >= 4 is 23.2 Å². The molecule has 0 bridgehead atoms. The lowest BCUT2D eigenvalue weighted by Crippen LogP contribution is -2.29. The van der Waals surface area contributed by atoms with Crippen molar-refractivity contribution in [2.75, 3.05) is 0 Å². The molecule has 0 atom stereocenters. The molecule has 0 aromatic heterocycles. The second-order valence-corrected chi connectivity index (χ2v) is 8.64. The number of halogens is 1. The van der Waals surface area contributed by atoms with Crippen LogP contribution in [0.25, 0.3) is 0 Å². The summed E-state index contributed by atoms with van der Waals surface area (Å²) in [6, 6.07) is 7.00. The van der Waals surface area contributed by atoms with Gasteiger partial charge in [0.2, 0.25) is 5.78 Å². The highest BCUT2D eigenvalue weighted by Crippen LogP contribution is 2.44. The summed E-state index contributed by atoms with van der Waals surface area (Å²) in [5, 5.41) is 0.139. The molecule has 2 aliphatic rings. The number of allylic oxidation sites excluding steroid dienone is 2. The zero-order valence-corrected chi connectivity index (χ0v) is 16.2. The molecule has 2 nitrogen and oxygen atoms in total. The van der Waals surface area contributed by atoms with Crippen LogP contribution in [-0.2, 0) is 0 Å². The minimum absolute atomic E-state index is 0.0591. The van der Waals surface area contributed by atoms with E-state index in [9.17, 15) is 9.59 Å². The van der Waals surface area contributed by atoms with Gasteiger partial charge in [-0.25, -0.2) is 0 Å². The van der Waals surface area contributed by atoms with E-state index in [-0.39, 0.29) is 16.6 Å². The quantitative estimate of drug-likeness (QED) is 0.642. The van der Waals surface area contributed by atoms with Gasteiger partial charge in [0.1, 0.15) is 0 Å². The number of carbonyl (C=O) groups excluding carboxylic acids is 2. The Kier molecular flexibility index (Phi) is 5.20. The van der Waals surface area contributed by atoms with Gasteiger partial charge in [-0.15, -0.1) is 0 Å². The van der Waals surface area contributed by atoms with Crippen LogP contribution in [0.15, 0.2) is 34.9 Å². The van der Waals surface area contributed by atoms with E-state index in [4.69, 9.17) is 11.6 Å². The third kappa shape index (κ3) is 3.46. The van der Waals surface area contributed by atoms with Gasteiger partial charge in [0.05, 0.1) is 5.03 Å². The topological polar surface area (TPSA) is 34.1 Å². The molecule has 1 saturated carbocycles. The molecule has 0 spiro atoms. The van der Waals surface area contributed by atoms with E-state index >= 15 is 0 Å². The molecule has 0 aliphatic heterocycles. The smallest absolute Gasteiger partial charge is 0.205 e.